The van der Waals surface area contributed by atoms with Gasteiger partial charge in [-0.2, -0.15) is 0 Å². The van der Waals surface area contributed by atoms with Gasteiger partial charge in [0.05, 0.1) is 7.11 Å². The maximum atomic E-state index is 12.1. The Bertz CT molecular complexity index is 836. The molecule has 0 saturated heterocycles. The summed E-state index contributed by atoms with van der Waals surface area (Å²) in [6.07, 6.45) is 0.408. The zero-order chi connectivity index (χ0) is 21.1. The molecule has 0 aromatic heterocycles. The number of carbonyl (C=O) groups excluding carboxylic acids is 3. The van der Waals surface area contributed by atoms with Gasteiger partial charge in [-0.05, 0) is 36.4 Å². The summed E-state index contributed by atoms with van der Waals surface area (Å²) in [7, 11) is 1.56. The average Bonchev–Trinajstić information content (AvgIpc) is 2.75. The van der Waals surface area contributed by atoms with Crippen LogP contribution in [0.15, 0.2) is 48.5 Å². The van der Waals surface area contributed by atoms with E-state index in [-0.39, 0.29) is 24.3 Å². The Labute approximate surface area is 169 Å². The summed E-state index contributed by atoms with van der Waals surface area (Å²) in [4.78, 5) is 35.2. The molecule has 2 rings (SSSR count). The van der Waals surface area contributed by atoms with Crippen molar-refractivity contribution in [1.29, 1.82) is 0 Å². The number of hydrogen-bond donors (Lipinski definition) is 3. The predicted molar refractivity (Wildman–Crippen MR) is 109 cm³/mol. The van der Waals surface area contributed by atoms with Crippen molar-refractivity contribution in [3.8, 4) is 11.5 Å². The van der Waals surface area contributed by atoms with Crippen molar-refractivity contribution in [2.75, 3.05) is 32.1 Å². The smallest absolute Gasteiger partial charge is 0.262 e. The lowest BCUT2D eigenvalue weighted by Gasteiger charge is -2.09. The lowest BCUT2D eigenvalue weighted by atomic mass is 10.2. The van der Waals surface area contributed by atoms with E-state index in [0.717, 1.165) is 0 Å². The summed E-state index contributed by atoms with van der Waals surface area (Å²) in [5, 5.41) is 8.10. The van der Waals surface area contributed by atoms with E-state index in [0.29, 0.717) is 42.3 Å². The molecular formula is C21H25N3O5. The number of ether oxygens (including phenoxy) is 2. The van der Waals surface area contributed by atoms with Crippen LogP contribution in [-0.4, -0.2) is 44.5 Å². The van der Waals surface area contributed by atoms with Crippen molar-refractivity contribution in [3.63, 3.8) is 0 Å². The maximum Gasteiger partial charge on any atom is 0.262 e. The molecule has 0 saturated carbocycles. The van der Waals surface area contributed by atoms with Gasteiger partial charge in [0.25, 0.3) is 11.8 Å². The third-order valence-corrected chi connectivity index (χ3v) is 3.90. The Morgan fingerprint density at radius 3 is 2.28 bits per heavy atom. The third-order valence-electron chi connectivity index (χ3n) is 3.90. The molecule has 154 valence electrons. The minimum atomic E-state index is -0.323. The summed E-state index contributed by atoms with van der Waals surface area (Å²) in [6.45, 7) is 2.32. The molecule has 8 nitrogen and oxygen atoms in total. The number of benzene rings is 2. The zero-order valence-electron chi connectivity index (χ0n) is 16.5. The lowest BCUT2D eigenvalue weighted by Crippen LogP contribution is -2.34. The maximum absolute atomic E-state index is 12.1. The van der Waals surface area contributed by atoms with Crippen LogP contribution in [-0.2, 0) is 9.59 Å². The zero-order valence-corrected chi connectivity index (χ0v) is 16.5. The number of nitrogens with one attached hydrogen (secondary N) is 3. The Balaban J connectivity index is 1.76. The van der Waals surface area contributed by atoms with Crippen molar-refractivity contribution in [3.05, 3.63) is 54.1 Å². The minimum absolute atomic E-state index is 0.0604. The number of hydrogen-bond acceptors (Lipinski definition) is 5. The van der Waals surface area contributed by atoms with Gasteiger partial charge in [-0.1, -0.05) is 13.0 Å². The molecule has 0 bridgehead atoms. The van der Waals surface area contributed by atoms with Gasteiger partial charge in [0, 0.05) is 36.8 Å². The second kappa shape index (κ2) is 11.3. The number of rotatable bonds is 10. The van der Waals surface area contributed by atoms with Crippen LogP contribution >= 0.6 is 0 Å². The van der Waals surface area contributed by atoms with Crippen molar-refractivity contribution in [2.24, 2.45) is 0 Å². The number of carbonyl (C=O) groups is 3. The van der Waals surface area contributed by atoms with Crippen molar-refractivity contribution in [1.82, 2.24) is 10.6 Å². The first-order valence-corrected chi connectivity index (χ1v) is 9.23. The largest absolute Gasteiger partial charge is 0.497 e. The minimum Gasteiger partial charge on any atom is -0.497 e. The van der Waals surface area contributed by atoms with Crippen molar-refractivity contribution < 1.29 is 23.9 Å². The molecule has 0 aliphatic rings. The highest BCUT2D eigenvalue weighted by atomic mass is 16.5. The SMILES string of the molecule is CCC(=O)NCCNC(=O)c1ccc(NC(=O)COc2cccc(OC)c2)cc1. The molecule has 29 heavy (non-hydrogen) atoms. The van der Waals surface area contributed by atoms with E-state index in [1.165, 1.54) is 0 Å². The summed E-state index contributed by atoms with van der Waals surface area (Å²) in [6, 6.07) is 13.5. The second-order valence-corrected chi connectivity index (χ2v) is 6.05. The molecule has 2 aromatic carbocycles. The third kappa shape index (κ3) is 7.53. The van der Waals surface area contributed by atoms with Crippen LogP contribution in [0.4, 0.5) is 5.69 Å². The van der Waals surface area contributed by atoms with Gasteiger partial charge in [0.2, 0.25) is 5.91 Å². The molecule has 3 N–H and O–H groups in total. The van der Waals surface area contributed by atoms with Crippen LogP contribution in [0.5, 0.6) is 11.5 Å². The fourth-order valence-electron chi connectivity index (χ4n) is 2.35. The number of amides is 3. The molecule has 2 aromatic rings. The summed E-state index contributed by atoms with van der Waals surface area (Å²) in [5.41, 5.74) is 1.01. The molecule has 3 amide bonds. The first-order valence-electron chi connectivity index (χ1n) is 9.23. The highest BCUT2D eigenvalue weighted by Crippen LogP contribution is 2.18. The van der Waals surface area contributed by atoms with Gasteiger partial charge in [0.1, 0.15) is 11.5 Å². The van der Waals surface area contributed by atoms with Crippen molar-refractivity contribution in [2.45, 2.75) is 13.3 Å². The van der Waals surface area contributed by atoms with Gasteiger partial charge in [-0.3, -0.25) is 14.4 Å². The van der Waals surface area contributed by atoms with Crippen LogP contribution < -0.4 is 25.4 Å². The van der Waals surface area contributed by atoms with E-state index in [1.54, 1.807) is 62.6 Å². The van der Waals surface area contributed by atoms with Crippen LogP contribution in [0.2, 0.25) is 0 Å². The summed E-state index contributed by atoms with van der Waals surface area (Å²) >= 11 is 0. The van der Waals surface area contributed by atoms with E-state index in [9.17, 15) is 14.4 Å². The van der Waals surface area contributed by atoms with E-state index >= 15 is 0 Å². The molecule has 0 aliphatic heterocycles. The molecule has 0 spiro atoms. The summed E-state index contributed by atoms with van der Waals surface area (Å²) < 4.78 is 10.5. The molecule has 8 heteroatoms. The summed E-state index contributed by atoms with van der Waals surface area (Å²) in [5.74, 6) is 0.535. The van der Waals surface area contributed by atoms with E-state index in [1.807, 2.05) is 0 Å². The molecule has 0 unspecified atom stereocenters. The number of anilines is 1. The Kier molecular flexibility index (Phi) is 8.50. The molecule has 0 aliphatic carbocycles. The monoisotopic (exact) mass is 399 g/mol. The van der Waals surface area contributed by atoms with Crippen LogP contribution in [0.3, 0.4) is 0 Å². The molecule has 0 heterocycles. The van der Waals surface area contributed by atoms with Crippen molar-refractivity contribution >= 4 is 23.4 Å². The Hall–Kier alpha value is -3.55. The topological polar surface area (TPSA) is 106 Å². The van der Waals surface area contributed by atoms with E-state index in [2.05, 4.69) is 16.0 Å². The van der Waals surface area contributed by atoms with Gasteiger partial charge in [0.15, 0.2) is 6.61 Å². The van der Waals surface area contributed by atoms with Gasteiger partial charge < -0.3 is 25.4 Å². The lowest BCUT2D eigenvalue weighted by molar-refractivity contribution is -0.120. The van der Waals surface area contributed by atoms with Crippen LogP contribution in [0.1, 0.15) is 23.7 Å². The second-order valence-electron chi connectivity index (χ2n) is 6.05. The Morgan fingerprint density at radius 1 is 0.897 bits per heavy atom. The molecular weight excluding hydrogens is 374 g/mol. The molecule has 0 fully saturated rings. The van der Waals surface area contributed by atoms with Gasteiger partial charge in [-0.25, -0.2) is 0 Å². The van der Waals surface area contributed by atoms with Crippen LogP contribution in [0.25, 0.3) is 0 Å². The standard InChI is InChI=1S/C21H25N3O5/c1-3-19(25)22-11-12-23-21(27)15-7-9-16(10-8-15)24-20(26)14-29-18-6-4-5-17(13-18)28-2/h4-10,13H,3,11-12,14H2,1-2H3,(H,22,25)(H,23,27)(H,24,26). The first kappa shape index (κ1) is 21.7. The predicted octanol–water partition coefficient (Wildman–Crippen LogP) is 1.97. The normalized spacial score (nSPS) is 10.0. The van der Waals surface area contributed by atoms with E-state index in [4.69, 9.17) is 9.47 Å². The highest BCUT2D eigenvalue weighted by molar-refractivity contribution is 5.96. The number of methoxy groups -OCH3 is 1. The van der Waals surface area contributed by atoms with Crippen LogP contribution in [0, 0.1) is 0 Å². The fraction of sp³-hybridized carbons (Fsp3) is 0.286. The fourth-order valence-corrected chi connectivity index (χ4v) is 2.35. The Morgan fingerprint density at radius 2 is 1.59 bits per heavy atom. The molecule has 0 radical (unpaired) electrons. The van der Waals surface area contributed by atoms with Gasteiger partial charge in [-0.15, -0.1) is 0 Å². The first-order chi connectivity index (χ1) is 14.0. The quantitative estimate of drug-likeness (QED) is 0.530. The van der Waals surface area contributed by atoms with Gasteiger partial charge >= 0.3 is 0 Å². The molecule has 0 atom stereocenters. The highest BCUT2D eigenvalue weighted by Gasteiger charge is 2.08. The average molecular weight is 399 g/mol. The van der Waals surface area contributed by atoms with E-state index < -0.39 is 0 Å².